The highest BCUT2D eigenvalue weighted by Gasteiger charge is 2.18. The Labute approximate surface area is 418 Å². The Hall–Kier alpha value is -6.70. The van der Waals surface area contributed by atoms with E-state index in [9.17, 15) is 46.2 Å². The molecule has 24 heteroatoms. The van der Waals surface area contributed by atoms with Gasteiger partial charge in [-0.1, -0.05) is 13.2 Å². The van der Waals surface area contributed by atoms with Gasteiger partial charge in [0.15, 0.2) is 19.7 Å². The van der Waals surface area contributed by atoms with Gasteiger partial charge >= 0.3 is 11.9 Å². The van der Waals surface area contributed by atoms with Crippen molar-refractivity contribution in [1.82, 2.24) is 19.8 Å². The Morgan fingerprint density at radius 3 is 1.28 bits per heavy atom. The number of ether oxygens (including phenoxy) is 4. The van der Waals surface area contributed by atoms with Crippen LogP contribution in [-0.4, -0.2) is 125 Å². The molecule has 72 heavy (non-hydrogen) atoms. The van der Waals surface area contributed by atoms with Crippen molar-refractivity contribution >= 4 is 54.4 Å². The molecule has 0 bridgehead atoms. The number of sulfone groups is 2. The number of hydrogen-bond acceptors (Lipinski definition) is 20. The molecule has 0 saturated carbocycles. The molecular weight excluding hydrogens is 977 g/mol. The fraction of sp³-hybridized carbons (Fsp3) is 0.417. The molecule has 2 aromatic carbocycles. The van der Waals surface area contributed by atoms with Crippen LogP contribution >= 0.6 is 0 Å². The number of pyridine rings is 2. The van der Waals surface area contributed by atoms with Crippen LogP contribution in [0.1, 0.15) is 37.8 Å². The monoisotopic (exact) mass is 1040 g/mol. The smallest absolute Gasteiger partial charge is 0.333 e. The van der Waals surface area contributed by atoms with Gasteiger partial charge in [0.1, 0.15) is 24.6 Å². The highest BCUT2D eigenvalue weighted by Crippen LogP contribution is 2.32. The molecule has 390 valence electrons. The summed E-state index contributed by atoms with van der Waals surface area (Å²) in [5, 5.41) is 44.3. The number of unbranched alkanes of at least 4 members (excludes halogenated alkanes) is 1. The van der Waals surface area contributed by atoms with Gasteiger partial charge in [-0.3, -0.25) is 18.7 Å². The molecule has 0 unspecified atom stereocenters. The minimum Gasteiger partial charge on any atom is -0.493 e. The summed E-state index contributed by atoms with van der Waals surface area (Å²) in [5.41, 5.74) is 1.06. The Morgan fingerprint density at radius 1 is 0.569 bits per heavy atom. The molecule has 0 atom stereocenters. The maximum atomic E-state index is 13.0. The molecule has 2 aromatic heterocycles. The number of aromatic hydroxyl groups is 2. The van der Waals surface area contributed by atoms with Crippen LogP contribution in [0, 0.1) is 13.8 Å². The fourth-order valence-electron chi connectivity index (χ4n) is 6.36. The van der Waals surface area contributed by atoms with E-state index in [0.29, 0.717) is 48.4 Å². The molecule has 2 heterocycles. The fourth-order valence-corrected chi connectivity index (χ4v) is 8.76. The number of azo groups is 2. The van der Waals surface area contributed by atoms with Crippen LogP contribution in [0.3, 0.4) is 0 Å². The van der Waals surface area contributed by atoms with E-state index in [0.717, 1.165) is 9.13 Å². The minimum atomic E-state index is -3.63. The van der Waals surface area contributed by atoms with Gasteiger partial charge in [0.25, 0.3) is 11.1 Å². The van der Waals surface area contributed by atoms with Crippen LogP contribution in [0.4, 0.5) is 22.7 Å². The maximum Gasteiger partial charge on any atom is 0.333 e. The molecule has 4 N–H and O–H groups in total. The summed E-state index contributed by atoms with van der Waals surface area (Å²) in [6.07, 6.45) is 1.43. The molecule has 0 radical (unpaired) electrons. The normalized spacial score (nSPS) is 11.9. The first-order chi connectivity index (χ1) is 34.2. The first-order valence-corrected chi connectivity index (χ1v) is 26.1. The molecule has 0 fully saturated rings. The third-order valence-corrected chi connectivity index (χ3v) is 13.9. The number of nitrogens with one attached hydrogen (secondary N) is 2. The standard InChI is InChI=1S/C48H62N8O14S2/c1-33(2)47(61)69-27-25-67-23-21-55-41(57)31-35(5)43(45(55)59)53-51-37-9-13-39(14-10-37)71(63,64)29-19-49-17-7-8-18-50-20-30-72(65,66)40-15-11-38(12-16-40)52-54-44-36(6)32-42(58)56(46(44)60)22-24-68-26-28-70-48(62)34(3)4/h9-16,31-32,49-50,59-60H,1,3,7-8,17-30H2,2,4-6H3. The molecule has 0 aliphatic heterocycles. The quantitative estimate of drug-likeness (QED) is 0.0214. The Bertz CT molecular complexity index is 2740. The zero-order chi connectivity index (χ0) is 52.8. The van der Waals surface area contributed by atoms with Crippen LogP contribution in [0.15, 0.2) is 125 Å². The van der Waals surface area contributed by atoms with Gasteiger partial charge in [-0.15, -0.1) is 10.2 Å². The van der Waals surface area contributed by atoms with E-state index in [1.54, 1.807) is 13.8 Å². The SMILES string of the molecule is C=C(C)C(=O)OCCOCCn1c(O)c(N=Nc2ccc(S(=O)(=O)CCNCCCCNCCS(=O)(=O)c3ccc(N=Nc4c(C)cc(=O)n(CCOCCOC(=O)C(=C)C)c4O)cc3)cc2)c(C)cc1=O. The van der Waals surface area contributed by atoms with Crippen LogP contribution < -0.4 is 21.8 Å². The lowest BCUT2D eigenvalue weighted by atomic mass is 10.2. The van der Waals surface area contributed by atoms with Gasteiger partial charge in [-0.25, -0.2) is 26.4 Å². The van der Waals surface area contributed by atoms with E-state index >= 15 is 0 Å². The lowest BCUT2D eigenvalue weighted by molar-refractivity contribution is -0.141. The third-order valence-electron chi connectivity index (χ3n) is 10.4. The van der Waals surface area contributed by atoms with E-state index in [4.69, 9.17) is 18.9 Å². The van der Waals surface area contributed by atoms with Crippen LogP contribution in [0.5, 0.6) is 11.8 Å². The second kappa shape index (κ2) is 28.4. The molecule has 4 rings (SSSR count). The van der Waals surface area contributed by atoms with E-state index in [-0.39, 0.29) is 110 Å². The predicted molar refractivity (Wildman–Crippen MR) is 268 cm³/mol. The number of nitrogens with zero attached hydrogens (tertiary/aromatic N) is 6. The molecule has 4 aromatic rings. The summed E-state index contributed by atoms with van der Waals surface area (Å²) in [6.45, 7) is 15.0. The first-order valence-electron chi connectivity index (χ1n) is 22.8. The number of aromatic nitrogens is 2. The minimum absolute atomic E-state index is 0.000333. The zero-order valence-electron chi connectivity index (χ0n) is 40.8. The highest BCUT2D eigenvalue weighted by atomic mass is 32.2. The van der Waals surface area contributed by atoms with E-state index in [2.05, 4.69) is 44.2 Å². The van der Waals surface area contributed by atoms with E-state index in [1.165, 1.54) is 74.5 Å². The van der Waals surface area contributed by atoms with E-state index < -0.39 is 54.5 Å². The van der Waals surface area contributed by atoms with Crippen molar-refractivity contribution in [3.05, 3.63) is 117 Å². The highest BCUT2D eigenvalue weighted by molar-refractivity contribution is 7.91. The van der Waals surface area contributed by atoms with Gasteiger partial charge in [0.05, 0.1) is 72.2 Å². The number of aryl methyl sites for hydroxylation is 2. The topological polar surface area (TPSA) is 297 Å². The summed E-state index contributed by atoms with van der Waals surface area (Å²) in [7, 11) is -7.26. The molecule has 0 aliphatic carbocycles. The zero-order valence-corrected chi connectivity index (χ0v) is 42.4. The van der Waals surface area contributed by atoms with Crippen molar-refractivity contribution in [2.24, 2.45) is 20.5 Å². The molecule has 0 amide bonds. The average molecular weight is 1040 g/mol. The lowest BCUT2D eigenvalue weighted by Gasteiger charge is -2.12. The van der Waals surface area contributed by atoms with Gasteiger partial charge in [0.2, 0.25) is 11.8 Å². The van der Waals surface area contributed by atoms with Crippen molar-refractivity contribution in [2.45, 2.75) is 63.4 Å². The van der Waals surface area contributed by atoms with E-state index in [1.807, 2.05) is 0 Å². The lowest BCUT2D eigenvalue weighted by Crippen LogP contribution is -2.26. The van der Waals surface area contributed by atoms with Crippen molar-refractivity contribution in [2.75, 3.05) is 77.3 Å². The van der Waals surface area contributed by atoms with Crippen LogP contribution in [0.2, 0.25) is 0 Å². The average Bonchev–Trinajstić information content (AvgIpc) is 3.33. The molecule has 0 aliphatic rings. The summed E-state index contributed by atoms with van der Waals surface area (Å²) >= 11 is 0. The number of hydrogen-bond donors (Lipinski definition) is 4. The third kappa shape index (κ3) is 18.2. The summed E-state index contributed by atoms with van der Waals surface area (Å²) in [4.78, 5) is 48.2. The molecule has 0 saturated heterocycles. The maximum absolute atomic E-state index is 13.0. The summed E-state index contributed by atoms with van der Waals surface area (Å²) in [6, 6.07) is 14.2. The summed E-state index contributed by atoms with van der Waals surface area (Å²) < 4.78 is 74.8. The van der Waals surface area contributed by atoms with Gasteiger partial charge in [-0.05, 0) is 113 Å². The number of carbonyl (C=O) groups excluding carboxylic acids is 2. The second-order valence-corrected chi connectivity index (χ2v) is 20.5. The van der Waals surface area contributed by atoms with Crippen molar-refractivity contribution in [3.63, 3.8) is 0 Å². The Kier molecular flexibility index (Phi) is 22.8. The van der Waals surface area contributed by atoms with Crippen molar-refractivity contribution in [3.8, 4) is 11.8 Å². The van der Waals surface area contributed by atoms with Crippen LogP contribution in [-0.2, 0) is 61.3 Å². The van der Waals surface area contributed by atoms with Gasteiger partial charge in [0, 0.05) is 36.4 Å². The predicted octanol–water partition coefficient (Wildman–Crippen LogP) is 5.35. The number of rotatable bonds is 31. The Morgan fingerprint density at radius 2 is 0.931 bits per heavy atom. The first kappa shape index (κ1) is 57.9. The molecular formula is C48H62N8O14S2. The molecule has 22 nitrogen and oxygen atoms in total. The second-order valence-electron chi connectivity index (χ2n) is 16.3. The van der Waals surface area contributed by atoms with Gasteiger partial charge < -0.3 is 39.8 Å². The number of esters is 2. The Balaban J connectivity index is 1.13. The summed E-state index contributed by atoms with van der Waals surface area (Å²) in [5.74, 6) is -2.22. The van der Waals surface area contributed by atoms with Crippen LogP contribution in [0.25, 0.3) is 0 Å². The number of benzene rings is 2. The van der Waals surface area contributed by atoms with Crippen molar-refractivity contribution in [1.29, 1.82) is 0 Å². The number of carbonyl (C=O) groups is 2. The van der Waals surface area contributed by atoms with Crippen molar-refractivity contribution < 1.29 is 55.6 Å². The molecule has 0 spiro atoms. The van der Waals surface area contributed by atoms with Gasteiger partial charge in [-0.2, -0.15) is 10.2 Å². The largest absolute Gasteiger partial charge is 0.493 e.